The third-order valence-electron chi connectivity index (χ3n) is 4.75. The van der Waals surface area contributed by atoms with Crippen LogP contribution in [0.15, 0.2) is 54.6 Å². The molecule has 1 aliphatic rings. The van der Waals surface area contributed by atoms with E-state index in [2.05, 4.69) is 0 Å². The van der Waals surface area contributed by atoms with Crippen LogP contribution in [0.5, 0.6) is 5.75 Å². The first-order valence-corrected chi connectivity index (χ1v) is 9.26. The SMILES string of the molecule is Cc1cccc(C(=O)N2CCN(C(=O)C(C)(C)Oc3ccccc3)CC2)c1. The van der Waals surface area contributed by atoms with E-state index in [4.69, 9.17) is 4.74 Å². The van der Waals surface area contributed by atoms with Gasteiger partial charge in [0.2, 0.25) is 0 Å². The lowest BCUT2D eigenvalue weighted by molar-refractivity contribution is -0.147. The number of piperazine rings is 1. The van der Waals surface area contributed by atoms with E-state index < -0.39 is 5.60 Å². The first-order chi connectivity index (χ1) is 12.9. The highest BCUT2D eigenvalue weighted by Gasteiger charge is 2.36. The van der Waals surface area contributed by atoms with Gasteiger partial charge in [0.15, 0.2) is 5.60 Å². The molecule has 5 heteroatoms. The molecule has 142 valence electrons. The minimum Gasteiger partial charge on any atom is -0.478 e. The van der Waals surface area contributed by atoms with Crippen LogP contribution in [-0.4, -0.2) is 53.4 Å². The van der Waals surface area contributed by atoms with Crippen LogP contribution >= 0.6 is 0 Å². The highest BCUT2D eigenvalue weighted by atomic mass is 16.5. The number of hydrogen-bond donors (Lipinski definition) is 0. The Balaban J connectivity index is 1.59. The Kier molecular flexibility index (Phi) is 5.49. The molecule has 0 unspecified atom stereocenters. The minimum absolute atomic E-state index is 0.0191. The summed E-state index contributed by atoms with van der Waals surface area (Å²) in [5, 5.41) is 0. The number of rotatable bonds is 4. The van der Waals surface area contributed by atoms with E-state index in [0.717, 1.165) is 5.56 Å². The van der Waals surface area contributed by atoms with Crippen LogP contribution in [0, 0.1) is 6.92 Å². The molecule has 0 saturated carbocycles. The highest BCUT2D eigenvalue weighted by Crippen LogP contribution is 2.21. The van der Waals surface area contributed by atoms with Crippen LogP contribution in [0.2, 0.25) is 0 Å². The normalized spacial score (nSPS) is 14.8. The second-order valence-electron chi connectivity index (χ2n) is 7.38. The number of benzene rings is 2. The van der Waals surface area contributed by atoms with Crippen molar-refractivity contribution in [2.75, 3.05) is 26.2 Å². The molecule has 0 atom stereocenters. The predicted molar refractivity (Wildman–Crippen MR) is 105 cm³/mol. The van der Waals surface area contributed by atoms with E-state index >= 15 is 0 Å². The van der Waals surface area contributed by atoms with Crippen molar-refractivity contribution in [1.29, 1.82) is 0 Å². The van der Waals surface area contributed by atoms with Crippen molar-refractivity contribution < 1.29 is 14.3 Å². The molecule has 0 N–H and O–H groups in total. The Morgan fingerprint density at radius 2 is 1.52 bits per heavy atom. The number of carbonyl (C=O) groups excluding carboxylic acids is 2. The van der Waals surface area contributed by atoms with Crippen molar-refractivity contribution in [1.82, 2.24) is 9.80 Å². The second kappa shape index (κ2) is 7.82. The zero-order valence-electron chi connectivity index (χ0n) is 16.1. The number of amides is 2. The lowest BCUT2D eigenvalue weighted by Crippen LogP contribution is -2.56. The fraction of sp³-hybridized carbons (Fsp3) is 0.364. The molecule has 5 nitrogen and oxygen atoms in total. The zero-order valence-corrected chi connectivity index (χ0v) is 16.1. The van der Waals surface area contributed by atoms with Crippen LogP contribution in [0.1, 0.15) is 29.8 Å². The van der Waals surface area contributed by atoms with Crippen molar-refractivity contribution in [3.8, 4) is 5.75 Å². The van der Waals surface area contributed by atoms with Crippen molar-refractivity contribution in [2.24, 2.45) is 0 Å². The maximum atomic E-state index is 12.9. The summed E-state index contributed by atoms with van der Waals surface area (Å²) >= 11 is 0. The molecular weight excluding hydrogens is 340 g/mol. The van der Waals surface area contributed by atoms with Gasteiger partial charge in [0.05, 0.1) is 0 Å². The molecule has 2 aromatic rings. The molecule has 27 heavy (non-hydrogen) atoms. The van der Waals surface area contributed by atoms with Crippen molar-refractivity contribution >= 4 is 11.8 Å². The molecule has 0 spiro atoms. The summed E-state index contributed by atoms with van der Waals surface area (Å²) in [4.78, 5) is 29.2. The number of nitrogens with zero attached hydrogens (tertiary/aromatic N) is 2. The quantitative estimate of drug-likeness (QED) is 0.835. The first kappa shape index (κ1) is 19.0. The number of carbonyl (C=O) groups is 2. The minimum atomic E-state index is -0.954. The third-order valence-corrected chi connectivity index (χ3v) is 4.75. The molecule has 2 amide bonds. The second-order valence-corrected chi connectivity index (χ2v) is 7.38. The molecule has 0 aliphatic carbocycles. The van der Waals surface area contributed by atoms with E-state index in [9.17, 15) is 9.59 Å². The molecule has 0 bridgehead atoms. The Morgan fingerprint density at radius 3 is 2.15 bits per heavy atom. The van der Waals surface area contributed by atoms with Gasteiger partial charge in [-0.05, 0) is 45.0 Å². The van der Waals surface area contributed by atoms with Crippen molar-refractivity contribution in [2.45, 2.75) is 26.4 Å². The lowest BCUT2D eigenvalue weighted by Gasteiger charge is -2.38. The van der Waals surface area contributed by atoms with E-state index in [0.29, 0.717) is 37.5 Å². The number of hydrogen-bond acceptors (Lipinski definition) is 3. The van der Waals surface area contributed by atoms with E-state index in [-0.39, 0.29) is 11.8 Å². The van der Waals surface area contributed by atoms with Gasteiger partial charge in [-0.3, -0.25) is 9.59 Å². The monoisotopic (exact) mass is 366 g/mol. The van der Waals surface area contributed by atoms with Crippen molar-refractivity contribution in [3.05, 3.63) is 65.7 Å². The summed E-state index contributed by atoms with van der Waals surface area (Å²) in [5.41, 5.74) is 0.807. The van der Waals surface area contributed by atoms with Crippen molar-refractivity contribution in [3.63, 3.8) is 0 Å². The van der Waals surface area contributed by atoms with E-state index in [1.807, 2.05) is 66.4 Å². The summed E-state index contributed by atoms with van der Waals surface area (Å²) in [5.74, 6) is 0.628. The van der Waals surface area contributed by atoms with Gasteiger partial charge < -0.3 is 14.5 Å². The topological polar surface area (TPSA) is 49.9 Å². The molecule has 2 aromatic carbocycles. The fourth-order valence-electron chi connectivity index (χ4n) is 3.28. The summed E-state index contributed by atoms with van der Waals surface area (Å²) in [6.07, 6.45) is 0. The Bertz CT molecular complexity index is 809. The van der Waals surface area contributed by atoms with Gasteiger partial charge in [0, 0.05) is 31.7 Å². The summed E-state index contributed by atoms with van der Waals surface area (Å²) < 4.78 is 5.90. The summed E-state index contributed by atoms with van der Waals surface area (Å²) in [6, 6.07) is 17.0. The fourth-order valence-corrected chi connectivity index (χ4v) is 3.28. The van der Waals surface area contributed by atoms with Gasteiger partial charge in [-0.25, -0.2) is 0 Å². The largest absolute Gasteiger partial charge is 0.478 e. The van der Waals surface area contributed by atoms with Gasteiger partial charge in [0.25, 0.3) is 11.8 Å². The maximum Gasteiger partial charge on any atom is 0.266 e. The molecule has 0 radical (unpaired) electrons. The van der Waals surface area contributed by atoms with Crippen LogP contribution < -0.4 is 4.74 Å². The smallest absolute Gasteiger partial charge is 0.266 e. The van der Waals surface area contributed by atoms with Gasteiger partial charge >= 0.3 is 0 Å². The molecule has 1 saturated heterocycles. The first-order valence-electron chi connectivity index (χ1n) is 9.26. The molecule has 3 rings (SSSR count). The highest BCUT2D eigenvalue weighted by molar-refractivity contribution is 5.94. The van der Waals surface area contributed by atoms with Gasteiger partial charge in [-0.1, -0.05) is 35.9 Å². The number of para-hydroxylation sites is 1. The third kappa shape index (κ3) is 4.48. The van der Waals surface area contributed by atoms with Gasteiger partial charge in [0.1, 0.15) is 5.75 Å². The summed E-state index contributed by atoms with van der Waals surface area (Å²) in [7, 11) is 0. The molecular formula is C22H26N2O3. The predicted octanol–water partition coefficient (Wildman–Crippen LogP) is 3.14. The average molecular weight is 366 g/mol. The molecule has 1 aliphatic heterocycles. The molecule has 1 heterocycles. The van der Waals surface area contributed by atoms with Crippen LogP contribution in [0.25, 0.3) is 0 Å². The summed E-state index contributed by atoms with van der Waals surface area (Å²) in [6.45, 7) is 7.62. The van der Waals surface area contributed by atoms with Gasteiger partial charge in [-0.2, -0.15) is 0 Å². The zero-order chi connectivity index (χ0) is 19.4. The van der Waals surface area contributed by atoms with E-state index in [1.165, 1.54) is 0 Å². The Hall–Kier alpha value is -2.82. The number of ether oxygens (including phenoxy) is 1. The van der Waals surface area contributed by atoms with Crippen LogP contribution in [0.4, 0.5) is 0 Å². The number of aryl methyl sites for hydroxylation is 1. The molecule has 0 aromatic heterocycles. The Labute approximate surface area is 160 Å². The Morgan fingerprint density at radius 1 is 0.889 bits per heavy atom. The average Bonchev–Trinajstić information content (AvgIpc) is 2.67. The standard InChI is InChI=1S/C22H26N2O3/c1-17-8-7-9-18(16-17)20(25)23-12-14-24(15-13-23)21(26)22(2,3)27-19-10-5-4-6-11-19/h4-11,16H,12-15H2,1-3H3. The lowest BCUT2D eigenvalue weighted by atomic mass is 10.1. The molecule has 1 fully saturated rings. The van der Waals surface area contributed by atoms with Gasteiger partial charge in [-0.15, -0.1) is 0 Å². The maximum absolute atomic E-state index is 12.9. The van der Waals surface area contributed by atoms with Crippen LogP contribution in [-0.2, 0) is 4.79 Å². The van der Waals surface area contributed by atoms with E-state index in [1.54, 1.807) is 18.7 Å². The van der Waals surface area contributed by atoms with Crippen LogP contribution in [0.3, 0.4) is 0 Å².